The molecule has 0 aliphatic carbocycles. The van der Waals surface area contributed by atoms with Gasteiger partial charge in [0, 0.05) is 17.0 Å². The van der Waals surface area contributed by atoms with Crippen molar-refractivity contribution in [3.8, 4) is 0 Å². The second kappa shape index (κ2) is 5.72. The van der Waals surface area contributed by atoms with E-state index >= 15 is 0 Å². The molecular formula is C16H17ClFN. The lowest BCUT2D eigenvalue weighted by Crippen LogP contribution is -2.35. The Bertz CT molecular complexity index is 570. The quantitative estimate of drug-likeness (QED) is 0.900. The minimum absolute atomic E-state index is 0.220. The van der Waals surface area contributed by atoms with Crippen LogP contribution in [0.1, 0.15) is 18.1 Å². The van der Waals surface area contributed by atoms with Crippen LogP contribution in [-0.4, -0.2) is 6.54 Å². The van der Waals surface area contributed by atoms with Crippen LogP contribution in [0.2, 0.25) is 5.02 Å². The predicted octanol–water partition coefficient (Wildman–Crippen LogP) is 3.94. The van der Waals surface area contributed by atoms with Gasteiger partial charge in [0.2, 0.25) is 0 Å². The third-order valence-corrected chi connectivity index (χ3v) is 3.88. The van der Waals surface area contributed by atoms with E-state index in [0.717, 1.165) is 5.56 Å². The number of halogens is 2. The summed E-state index contributed by atoms with van der Waals surface area (Å²) in [5, 5.41) is 0.693. The van der Waals surface area contributed by atoms with Gasteiger partial charge in [0.15, 0.2) is 0 Å². The molecule has 0 aliphatic heterocycles. The van der Waals surface area contributed by atoms with Gasteiger partial charge in [0.05, 0.1) is 0 Å². The Morgan fingerprint density at radius 1 is 1.11 bits per heavy atom. The largest absolute Gasteiger partial charge is 0.330 e. The monoisotopic (exact) mass is 277 g/mol. The van der Waals surface area contributed by atoms with Gasteiger partial charge in [-0.1, -0.05) is 54.9 Å². The first kappa shape index (κ1) is 14.0. The maximum Gasteiger partial charge on any atom is 0.127 e. The summed E-state index contributed by atoms with van der Waals surface area (Å²) in [6.07, 6.45) is 0.615. The summed E-state index contributed by atoms with van der Waals surface area (Å²) in [4.78, 5) is 0. The fourth-order valence-electron chi connectivity index (χ4n) is 2.29. The average Bonchev–Trinajstić information content (AvgIpc) is 2.42. The lowest BCUT2D eigenvalue weighted by atomic mass is 9.77. The van der Waals surface area contributed by atoms with Gasteiger partial charge >= 0.3 is 0 Å². The third kappa shape index (κ3) is 2.96. The molecule has 1 unspecified atom stereocenters. The van der Waals surface area contributed by atoms with E-state index in [9.17, 15) is 4.39 Å². The van der Waals surface area contributed by atoms with Crippen molar-refractivity contribution in [3.63, 3.8) is 0 Å². The Morgan fingerprint density at radius 2 is 1.74 bits per heavy atom. The van der Waals surface area contributed by atoms with Crippen LogP contribution in [0.15, 0.2) is 48.5 Å². The first-order valence-electron chi connectivity index (χ1n) is 6.25. The van der Waals surface area contributed by atoms with Crippen LogP contribution in [0.25, 0.3) is 0 Å². The first-order valence-corrected chi connectivity index (χ1v) is 6.63. The molecule has 2 rings (SSSR count). The highest BCUT2D eigenvalue weighted by Gasteiger charge is 2.28. The number of hydrogen-bond donors (Lipinski definition) is 1. The molecule has 1 atom stereocenters. The zero-order valence-corrected chi connectivity index (χ0v) is 11.6. The highest BCUT2D eigenvalue weighted by atomic mass is 35.5. The smallest absolute Gasteiger partial charge is 0.127 e. The Hall–Kier alpha value is -1.38. The zero-order valence-electron chi connectivity index (χ0n) is 10.9. The molecule has 0 amide bonds. The van der Waals surface area contributed by atoms with Crippen LogP contribution >= 0.6 is 11.6 Å². The van der Waals surface area contributed by atoms with E-state index in [1.165, 1.54) is 6.07 Å². The van der Waals surface area contributed by atoms with Gasteiger partial charge < -0.3 is 5.73 Å². The number of hydrogen-bond acceptors (Lipinski definition) is 1. The number of rotatable bonds is 4. The number of benzene rings is 2. The SMILES string of the molecule is CC(CN)(Cc1ccccc1Cl)c1ccccc1F. The van der Waals surface area contributed by atoms with Crippen molar-refractivity contribution in [2.45, 2.75) is 18.8 Å². The summed E-state index contributed by atoms with van der Waals surface area (Å²) in [5.74, 6) is -0.220. The third-order valence-electron chi connectivity index (χ3n) is 3.51. The Morgan fingerprint density at radius 3 is 2.37 bits per heavy atom. The van der Waals surface area contributed by atoms with E-state index in [1.54, 1.807) is 12.1 Å². The van der Waals surface area contributed by atoms with E-state index in [1.807, 2.05) is 37.3 Å². The van der Waals surface area contributed by atoms with Crippen LogP contribution in [-0.2, 0) is 11.8 Å². The summed E-state index contributed by atoms with van der Waals surface area (Å²) in [6.45, 7) is 2.33. The fraction of sp³-hybridized carbons (Fsp3) is 0.250. The number of nitrogens with two attached hydrogens (primary N) is 1. The minimum Gasteiger partial charge on any atom is -0.330 e. The lowest BCUT2D eigenvalue weighted by molar-refractivity contribution is 0.450. The zero-order chi connectivity index (χ0) is 13.9. The molecule has 0 heterocycles. The van der Waals surface area contributed by atoms with E-state index < -0.39 is 5.41 Å². The molecule has 2 aromatic carbocycles. The van der Waals surface area contributed by atoms with Gasteiger partial charge in [0.1, 0.15) is 5.82 Å². The summed E-state index contributed by atoms with van der Waals surface area (Å²) >= 11 is 6.18. The second-order valence-electron chi connectivity index (χ2n) is 5.01. The molecule has 2 N–H and O–H groups in total. The maximum absolute atomic E-state index is 14.0. The van der Waals surface area contributed by atoms with Crippen LogP contribution in [0, 0.1) is 5.82 Å². The second-order valence-corrected chi connectivity index (χ2v) is 5.42. The first-order chi connectivity index (χ1) is 9.07. The summed E-state index contributed by atoms with van der Waals surface area (Å²) in [7, 11) is 0. The maximum atomic E-state index is 14.0. The topological polar surface area (TPSA) is 26.0 Å². The molecule has 0 bridgehead atoms. The summed E-state index contributed by atoms with van der Waals surface area (Å²) in [6, 6.07) is 14.4. The Labute approximate surface area is 118 Å². The van der Waals surface area contributed by atoms with Gasteiger partial charge in [-0.3, -0.25) is 0 Å². The van der Waals surface area contributed by atoms with Crippen molar-refractivity contribution in [2.75, 3.05) is 6.54 Å². The molecule has 0 saturated carbocycles. The van der Waals surface area contributed by atoms with Crippen molar-refractivity contribution >= 4 is 11.6 Å². The summed E-state index contributed by atoms with van der Waals surface area (Å²) < 4.78 is 14.0. The average molecular weight is 278 g/mol. The highest BCUT2D eigenvalue weighted by molar-refractivity contribution is 6.31. The van der Waals surface area contributed by atoms with Gasteiger partial charge in [0.25, 0.3) is 0 Å². The molecule has 2 aromatic rings. The van der Waals surface area contributed by atoms with Crippen molar-refractivity contribution in [1.29, 1.82) is 0 Å². The molecule has 0 radical (unpaired) electrons. The standard InChI is InChI=1S/C16H17ClFN/c1-16(11-19,13-7-3-5-9-15(13)18)10-12-6-2-4-8-14(12)17/h2-9H,10-11,19H2,1H3. The molecule has 0 spiro atoms. The highest BCUT2D eigenvalue weighted by Crippen LogP contribution is 2.31. The Kier molecular flexibility index (Phi) is 4.23. The van der Waals surface area contributed by atoms with Crippen LogP contribution in [0.3, 0.4) is 0 Å². The molecule has 0 saturated heterocycles. The van der Waals surface area contributed by atoms with Gasteiger partial charge in [-0.05, 0) is 29.7 Å². The van der Waals surface area contributed by atoms with Crippen LogP contribution < -0.4 is 5.73 Å². The normalized spacial score (nSPS) is 14.1. The molecule has 100 valence electrons. The molecular weight excluding hydrogens is 261 g/mol. The minimum atomic E-state index is -0.462. The summed E-state index contributed by atoms with van der Waals surface area (Å²) in [5.41, 5.74) is 7.06. The molecule has 0 aromatic heterocycles. The molecule has 19 heavy (non-hydrogen) atoms. The van der Waals surface area contributed by atoms with Crippen molar-refractivity contribution in [2.24, 2.45) is 5.73 Å². The van der Waals surface area contributed by atoms with Crippen molar-refractivity contribution in [1.82, 2.24) is 0 Å². The van der Waals surface area contributed by atoms with Crippen LogP contribution in [0.4, 0.5) is 4.39 Å². The van der Waals surface area contributed by atoms with Crippen molar-refractivity contribution < 1.29 is 4.39 Å². The molecule has 0 fully saturated rings. The Balaban J connectivity index is 2.39. The molecule has 0 aliphatic rings. The van der Waals surface area contributed by atoms with E-state index in [4.69, 9.17) is 17.3 Å². The van der Waals surface area contributed by atoms with Gasteiger partial charge in [-0.2, -0.15) is 0 Å². The van der Waals surface area contributed by atoms with Gasteiger partial charge in [-0.15, -0.1) is 0 Å². The van der Waals surface area contributed by atoms with E-state index in [0.29, 0.717) is 23.6 Å². The van der Waals surface area contributed by atoms with Crippen molar-refractivity contribution in [3.05, 3.63) is 70.5 Å². The van der Waals surface area contributed by atoms with Crippen LogP contribution in [0.5, 0.6) is 0 Å². The van der Waals surface area contributed by atoms with Gasteiger partial charge in [-0.25, -0.2) is 4.39 Å². The lowest BCUT2D eigenvalue weighted by Gasteiger charge is -2.29. The molecule has 3 heteroatoms. The predicted molar refractivity (Wildman–Crippen MR) is 78.0 cm³/mol. The molecule has 1 nitrogen and oxygen atoms in total. The van der Waals surface area contributed by atoms with E-state index in [-0.39, 0.29) is 5.82 Å². The van der Waals surface area contributed by atoms with E-state index in [2.05, 4.69) is 0 Å². The fourth-order valence-corrected chi connectivity index (χ4v) is 2.49.